The predicted molar refractivity (Wildman–Crippen MR) is 69.6 cm³/mol. The summed E-state index contributed by atoms with van der Waals surface area (Å²) in [6, 6.07) is 7.40. The fourth-order valence-corrected chi connectivity index (χ4v) is 1.77. The van der Waals surface area contributed by atoms with Crippen LogP contribution in [0, 0.1) is 0 Å². The minimum atomic E-state index is 0.509. The average Bonchev–Trinajstić information content (AvgIpc) is 2.80. The van der Waals surface area contributed by atoms with Crippen molar-refractivity contribution in [3.63, 3.8) is 0 Å². The van der Waals surface area contributed by atoms with Crippen LogP contribution in [0.25, 0.3) is 0 Å². The largest absolute Gasteiger partial charge is 0.490 e. The summed E-state index contributed by atoms with van der Waals surface area (Å²) < 4.78 is 7.29. The highest BCUT2D eigenvalue weighted by atomic mass is 79.9. The highest BCUT2D eigenvalue weighted by Gasteiger charge is 2.01. The lowest BCUT2D eigenvalue weighted by Gasteiger charge is -2.06. The minimum Gasteiger partial charge on any atom is -0.490 e. The third kappa shape index (κ3) is 3.44. The zero-order valence-corrected chi connectivity index (χ0v) is 11.4. The Morgan fingerprint density at radius 1 is 1.35 bits per heavy atom. The Bertz CT molecular complexity index is 489. The Morgan fingerprint density at radius 3 is 2.88 bits per heavy atom. The van der Waals surface area contributed by atoms with Gasteiger partial charge in [0.15, 0.2) is 0 Å². The molecule has 0 atom stereocenters. The molecule has 1 aromatic heterocycles. The second kappa shape index (κ2) is 6.02. The number of benzene rings is 1. The normalized spacial score (nSPS) is 10.5. The zero-order chi connectivity index (χ0) is 12.1. The number of hydrogen-bond acceptors (Lipinski definition) is 3. The molecule has 0 saturated heterocycles. The lowest BCUT2D eigenvalue weighted by atomic mass is 10.3. The Balaban J connectivity index is 1.85. The van der Waals surface area contributed by atoms with E-state index in [0.29, 0.717) is 29.3 Å². The molecular formula is C11H11BrClN3O. The van der Waals surface area contributed by atoms with Gasteiger partial charge in [-0.05, 0) is 12.1 Å². The van der Waals surface area contributed by atoms with Gasteiger partial charge in [-0.25, -0.2) is 4.68 Å². The van der Waals surface area contributed by atoms with Crippen LogP contribution in [0.3, 0.4) is 0 Å². The Hall–Kier alpha value is -1.07. The molecule has 1 heterocycles. The summed E-state index contributed by atoms with van der Waals surface area (Å²) in [5, 5.41) is 9.25. The zero-order valence-electron chi connectivity index (χ0n) is 9.01. The van der Waals surface area contributed by atoms with Crippen molar-refractivity contribution in [3.05, 3.63) is 41.2 Å². The summed E-state index contributed by atoms with van der Waals surface area (Å²) in [6.45, 7) is 1.15. The second-order valence-corrected chi connectivity index (χ2v) is 4.35. The maximum atomic E-state index is 5.97. The molecule has 0 aliphatic carbocycles. The van der Waals surface area contributed by atoms with E-state index in [9.17, 15) is 0 Å². The number of para-hydroxylation sites is 1. The SMILES string of the molecule is Clc1ccccc1OCCn1cc(CBr)nn1. The predicted octanol–water partition coefficient (Wildman–Crippen LogP) is 2.91. The third-order valence-corrected chi connectivity index (χ3v) is 3.02. The van der Waals surface area contributed by atoms with E-state index < -0.39 is 0 Å². The van der Waals surface area contributed by atoms with Crippen LogP contribution in [0.15, 0.2) is 30.5 Å². The maximum absolute atomic E-state index is 5.97. The van der Waals surface area contributed by atoms with E-state index >= 15 is 0 Å². The molecule has 0 saturated carbocycles. The molecule has 0 radical (unpaired) electrons. The number of aromatic nitrogens is 3. The van der Waals surface area contributed by atoms with Gasteiger partial charge >= 0.3 is 0 Å². The monoisotopic (exact) mass is 315 g/mol. The van der Waals surface area contributed by atoms with Crippen molar-refractivity contribution in [1.29, 1.82) is 0 Å². The van der Waals surface area contributed by atoms with Gasteiger partial charge in [-0.15, -0.1) is 5.10 Å². The van der Waals surface area contributed by atoms with Crippen molar-refractivity contribution in [1.82, 2.24) is 15.0 Å². The standard InChI is InChI=1S/C11H11BrClN3O/c12-7-9-8-16(15-14-9)5-6-17-11-4-2-1-3-10(11)13/h1-4,8H,5-7H2. The first-order chi connectivity index (χ1) is 8.29. The van der Waals surface area contributed by atoms with E-state index in [2.05, 4.69) is 26.2 Å². The van der Waals surface area contributed by atoms with Gasteiger partial charge in [-0.2, -0.15) is 0 Å². The van der Waals surface area contributed by atoms with Gasteiger partial charge in [-0.3, -0.25) is 0 Å². The number of ether oxygens (including phenoxy) is 1. The van der Waals surface area contributed by atoms with E-state index in [1.807, 2.05) is 24.4 Å². The summed E-state index contributed by atoms with van der Waals surface area (Å²) in [5.74, 6) is 0.690. The van der Waals surface area contributed by atoms with Crippen LogP contribution in [-0.4, -0.2) is 21.6 Å². The maximum Gasteiger partial charge on any atom is 0.137 e. The topological polar surface area (TPSA) is 39.9 Å². The molecule has 0 aliphatic heterocycles. The Kier molecular flexibility index (Phi) is 4.39. The Labute approximate surface area is 113 Å². The van der Waals surface area contributed by atoms with Crippen molar-refractivity contribution in [2.24, 2.45) is 0 Å². The summed E-state index contributed by atoms with van der Waals surface area (Å²) in [6.07, 6.45) is 1.88. The van der Waals surface area contributed by atoms with E-state index in [1.54, 1.807) is 10.7 Å². The number of halogens is 2. The summed E-state index contributed by atoms with van der Waals surface area (Å²) in [4.78, 5) is 0. The minimum absolute atomic E-state index is 0.509. The van der Waals surface area contributed by atoms with Gasteiger partial charge in [0.25, 0.3) is 0 Å². The molecule has 2 aromatic rings. The van der Waals surface area contributed by atoms with E-state index in [-0.39, 0.29) is 0 Å². The summed E-state index contributed by atoms with van der Waals surface area (Å²) in [7, 11) is 0. The number of hydrogen-bond donors (Lipinski definition) is 0. The second-order valence-electron chi connectivity index (χ2n) is 3.39. The number of nitrogens with zero attached hydrogens (tertiary/aromatic N) is 3. The van der Waals surface area contributed by atoms with Crippen molar-refractivity contribution in [3.8, 4) is 5.75 Å². The quantitative estimate of drug-likeness (QED) is 0.796. The molecule has 17 heavy (non-hydrogen) atoms. The lowest BCUT2D eigenvalue weighted by molar-refractivity contribution is 0.290. The van der Waals surface area contributed by atoms with Gasteiger partial charge in [0.05, 0.1) is 17.3 Å². The molecule has 90 valence electrons. The fourth-order valence-electron chi connectivity index (χ4n) is 1.32. The van der Waals surface area contributed by atoms with Crippen LogP contribution in [-0.2, 0) is 11.9 Å². The number of alkyl halides is 1. The van der Waals surface area contributed by atoms with Crippen molar-refractivity contribution < 1.29 is 4.74 Å². The molecule has 0 unspecified atom stereocenters. The van der Waals surface area contributed by atoms with Crippen LogP contribution < -0.4 is 4.74 Å². The fraction of sp³-hybridized carbons (Fsp3) is 0.273. The first kappa shape index (κ1) is 12.4. The third-order valence-electron chi connectivity index (χ3n) is 2.14. The molecule has 2 rings (SSSR count). The highest BCUT2D eigenvalue weighted by molar-refractivity contribution is 9.08. The van der Waals surface area contributed by atoms with Gasteiger partial charge in [0, 0.05) is 11.5 Å². The summed E-state index contributed by atoms with van der Waals surface area (Å²) in [5.41, 5.74) is 0.905. The van der Waals surface area contributed by atoms with Gasteiger partial charge in [-0.1, -0.05) is 44.9 Å². The smallest absolute Gasteiger partial charge is 0.137 e. The first-order valence-corrected chi connectivity index (χ1v) is 6.62. The van der Waals surface area contributed by atoms with Crippen LogP contribution in [0.1, 0.15) is 5.69 Å². The molecule has 0 bridgehead atoms. The van der Waals surface area contributed by atoms with Crippen molar-refractivity contribution >= 4 is 27.5 Å². The van der Waals surface area contributed by atoms with Crippen LogP contribution >= 0.6 is 27.5 Å². The van der Waals surface area contributed by atoms with Gasteiger partial charge < -0.3 is 4.74 Å². The first-order valence-electron chi connectivity index (χ1n) is 5.12. The van der Waals surface area contributed by atoms with Gasteiger partial charge in [0.2, 0.25) is 0 Å². The van der Waals surface area contributed by atoms with Crippen LogP contribution in [0.4, 0.5) is 0 Å². The summed E-state index contributed by atoms with van der Waals surface area (Å²) >= 11 is 9.29. The molecule has 0 amide bonds. The van der Waals surface area contributed by atoms with Gasteiger partial charge in [0.1, 0.15) is 12.4 Å². The number of rotatable bonds is 5. The molecule has 6 heteroatoms. The van der Waals surface area contributed by atoms with Crippen LogP contribution in [0.5, 0.6) is 5.75 Å². The van der Waals surface area contributed by atoms with E-state index in [1.165, 1.54) is 0 Å². The van der Waals surface area contributed by atoms with Crippen molar-refractivity contribution in [2.75, 3.05) is 6.61 Å². The van der Waals surface area contributed by atoms with Crippen LogP contribution in [0.2, 0.25) is 5.02 Å². The molecular weight excluding hydrogens is 305 g/mol. The lowest BCUT2D eigenvalue weighted by Crippen LogP contribution is -2.08. The molecule has 0 aliphatic rings. The molecule has 0 spiro atoms. The molecule has 4 nitrogen and oxygen atoms in total. The van der Waals surface area contributed by atoms with E-state index in [0.717, 1.165) is 5.69 Å². The van der Waals surface area contributed by atoms with E-state index in [4.69, 9.17) is 16.3 Å². The molecule has 0 fully saturated rings. The van der Waals surface area contributed by atoms with Crippen molar-refractivity contribution in [2.45, 2.75) is 11.9 Å². The molecule has 1 aromatic carbocycles. The molecule has 0 N–H and O–H groups in total. The average molecular weight is 317 g/mol. The Morgan fingerprint density at radius 2 is 2.18 bits per heavy atom. The highest BCUT2D eigenvalue weighted by Crippen LogP contribution is 2.22.